The molecule has 1 fully saturated rings. The summed E-state index contributed by atoms with van der Waals surface area (Å²) in [5.41, 5.74) is 0.125. The maximum atomic E-state index is 12.5. The topological polar surface area (TPSA) is 92.7 Å². The molecule has 0 spiro atoms. The van der Waals surface area contributed by atoms with Gasteiger partial charge in [-0.05, 0) is 24.3 Å². The van der Waals surface area contributed by atoms with Gasteiger partial charge >= 0.3 is 5.97 Å². The van der Waals surface area contributed by atoms with Gasteiger partial charge in [0.05, 0.1) is 6.10 Å². The maximum absolute atomic E-state index is 12.5. The zero-order valence-corrected chi connectivity index (χ0v) is 14.0. The molecule has 1 aliphatic carbocycles. The molecule has 2 N–H and O–H groups in total. The number of methoxy groups -OCH3 is 1. The SMILES string of the molecule is COC1CC(NS(=O)(=O)c2c(C)csc2C(=O)O)C1(C)C. The van der Waals surface area contributed by atoms with Crippen LogP contribution in [-0.2, 0) is 14.8 Å². The Balaban J connectivity index is 2.29. The molecule has 2 rings (SSSR count). The molecule has 2 atom stereocenters. The first-order valence-corrected chi connectivity index (χ1v) is 8.84. The predicted molar refractivity (Wildman–Crippen MR) is 79.3 cm³/mol. The summed E-state index contributed by atoms with van der Waals surface area (Å²) in [6, 6.07) is -0.270. The molecule has 118 valence electrons. The minimum atomic E-state index is -3.86. The molecule has 0 amide bonds. The fourth-order valence-electron chi connectivity index (χ4n) is 2.65. The van der Waals surface area contributed by atoms with Gasteiger partial charge in [0.1, 0.15) is 9.77 Å². The molecule has 0 radical (unpaired) electrons. The number of rotatable bonds is 5. The van der Waals surface area contributed by atoms with E-state index < -0.39 is 16.0 Å². The van der Waals surface area contributed by atoms with E-state index in [1.165, 1.54) is 0 Å². The number of ether oxygens (including phenoxy) is 1. The number of carbonyl (C=O) groups is 1. The summed E-state index contributed by atoms with van der Waals surface area (Å²) >= 11 is 0.925. The van der Waals surface area contributed by atoms with Crippen LogP contribution in [0.3, 0.4) is 0 Å². The van der Waals surface area contributed by atoms with Crippen LogP contribution in [0.25, 0.3) is 0 Å². The van der Waals surface area contributed by atoms with Crippen LogP contribution in [0.2, 0.25) is 0 Å². The van der Waals surface area contributed by atoms with E-state index in [2.05, 4.69) is 4.72 Å². The third-order valence-corrected chi connectivity index (χ3v) is 7.01. The van der Waals surface area contributed by atoms with E-state index in [0.29, 0.717) is 12.0 Å². The summed E-state index contributed by atoms with van der Waals surface area (Å²) in [6.07, 6.45) is 0.571. The van der Waals surface area contributed by atoms with Crippen LogP contribution in [0.4, 0.5) is 0 Å². The van der Waals surface area contributed by atoms with E-state index in [0.717, 1.165) is 11.3 Å². The van der Waals surface area contributed by atoms with Gasteiger partial charge in [0, 0.05) is 18.6 Å². The summed E-state index contributed by atoms with van der Waals surface area (Å²) in [5.74, 6) is -1.23. The van der Waals surface area contributed by atoms with Gasteiger partial charge in [0.25, 0.3) is 0 Å². The first-order chi connectivity index (χ1) is 9.61. The molecule has 0 aromatic carbocycles. The van der Waals surface area contributed by atoms with Gasteiger partial charge < -0.3 is 9.84 Å². The highest BCUT2D eigenvalue weighted by atomic mass is 32.2. The maximum Gasteiger partial charge on any atom is 0.347 e. The summed E-state index contributed by atoms with van der Waals surface area (Å²) in [6.45, 7) is 5.45. The zero-order valence-electron chi connectivity index (χ0n) is 12.3. The molecule has 0 bridgehead atoms. The Kier molecular flexibility index (Phi) is 4.18. The van der Waals surface area contributed by atoms with Crippen molar-refractivity contribution in [2.45, 2.75) is 44.2 Å². The molecule has 0 saturated heterocycles. The Hall–Kier alpha value is -0.960. The first-order valence-electron chi connectivity index (χ1n) is 6.47. The highest BCUT2D eigenvalue weighted by Crippen LogP contribution is 2.43. The largest absolute Gasteiger partial charge is 0.477 e. The molecule has 1 heterocycles. The van der Waals surface area contributed by atoms with Crippen LogP contribution >= 0.6 is 11.3 Å². The first kappa shape index (κ1) is 16.4. The number of carboxylic acid groups (broad SMARTS) is 1. The Morgan fingerprint density at radius 3 is 2.62 bits per heavy atom. The average molecular weight is 333 g/mol. The number of aromatic carboxylic acids is 1. The van der Waals surface area contributed by atoms with Gasteiger partial charge in [-0.15, -0.1) is 11.3 Å². The lowest BCUT2D eigenvalue weighted by atomic mass is 9.65. The van der Waals surface area contributed by atoms with Crippen molar-refractivity contribution >= 4 is 27.3 Å². The van der Waals surface area contributed by atoms with Gasteiger partial charge in [0.2, 0.25) is 10.0 Å². The Morgan fingerprint density at radius 1 is 1.52 bits per heavy atom. The van der Waals surface area contributed by atoms with Crippen molar-refractivity contribution in [1.82, 2.24) is 4.72 Å². The van der Waals surface area contributed by atoms with Crippen molar-refractivity contribution in [1.29, 1.82) is 0 Å². The molecule has 1 aromatic rings. The van der Waals surface area contributed by atoms with E-state index in [4.69, 9.17) is 9.84 Å². The minimum absolute atomic E-state index is 0.00674. The lowest BCUT2D eigenvalue weighted by molar-refractivity contribution is -0.0908. The van der Waals surface area contributed by atoms with Gasteiger partial charge in [-0.2, -0.15) is 0 Å². The number of hydrogen-bond donors (Lipinski definition) is 2. The lowest BCUT2D eigenvalue weighted by Gasteiger charge is -2.50. The number of carboxylic acids is 1. The van der Waals surface area contributed by atoms with Gasteiger partial charge in [-0.3, -0.25) is 0 Å². The fourth-order valence-corrected chi connectivity index (χ4v) is 5.68. The van der Waals surface area contributed by atoms with E-state index in [1.54, 1.807) is 19.4 Å². The second-order valence-corrected chi connectivity index (χ2v) is 8.37. The van der Waals surface area contributed by atoms with Gasteiger partial charge in [0.15, 0.2) is 0 Å². The van der Waals surface area contributed by atoms with Gasteiger partial charge in [-0.25, -0.2) is 17.9 Å². The average Bonchev–Trinajstić information content (AvgIpc) is 2.77. The van der Waals surface area contributed by atoms with Crippen LogP contribution in [0.1, 0.15) is 35.5 Å². The Labute approximate surface area is 128 Å². The van der Waals surface area contributed by atoms with Gasteiger partial charge in [-0.1, -0.05) is 13.8 Å². The lowest BCUT2D eigenvalue weighted by Crippen LogP contribution is -2.61. The van der Waals surface area contributed by atoms with Crippen molar-refractivity contribution < 1.29 is 23.1 Å². The third kappa shape index (κ3) is 2.73. The number of nitrogens with one attached hydrogen (secondary N) is 1. The molecule has 1 aliphatic rings. The highest BCUT2D eigenvalue weighted by molar-refractivity contribution is 7.89. The summed E-state index contributed by atoms with van der Waals surface area (Å²) < 4.78 is 33.0. The fraction of sp³-hybridized carbons (Fsp3) is 0.615. The number of aryl methyl sites for hydroxylation is 1. The van der Waals surface area contributed by atoms with Crippen molar-refractivity contribution in [2.75, 3.05) is 7.11 Å². The molecular formula is C13H19NO5S2. The smallest absolute Gasteiger partial charge is 0.347 e. The Morgan fingerprint density at radius 2 is 2.14 bits per heavy atom. The number of sulfonamides is 1. The molecule has 0 aliphatic heterocycles. The van der Waals surface area contributed by atoms with Crippen molar-refractivity contribution in [3.8, 4) is 0 Å². The molecule has 21 heavy (non-hydrogen) atoms. The highest BCUT2D eigenvalue weighted by Gasteiger charge is 2.50. The van der Waals surface area contributed by atoms with Crippen LogP contribution in [-0.4, -0.2) is 38.7 Å². The second kappa shape index (κ2) is 5.35. The third-order valence-electron chi connectivity index (χ3n) is 4.14. The molecular weight excluding hydrogens is 314 g/mol. The van der Waals surface area contributed by atoms with Crippen molar-refractivity contribution in [2.24, 2.45) is 5.41 Å². The summed E-state index contributed by atoms with van der Waals surface area (Å²) in [4.78, 5) is 10.9. The summed E-state index contributed by atoms with van der Waals surface area (Å²) in [5, 5.41) is 10.7. The standard InChI is InChI=1S/C13H19NO5S2/c1-7-6-20-10(12(15)16)11(7)21(17,18)14-8-5-9(19-4)13(8,2)3/h6,8-9,14H,5H2,1-4H3,(H,15,16). The van der Waals surface area contributed by atoms with Crippen molar-refractivity contribution in [3.05, 3.63) is 15.8 Å². The van der Waals surface area contributed by atoms with E-state index in [-0.39, 0.29) is 27.3 Å². The molecule has 2 unspecified atom stereocenters. The molecule has 1 aromatic heterocycles. The number of thiophene rings is 1. The second-order valence-electron chi connectivity index (χ2n) is 5.84. The minimum Gasteiger partial charge on any atom is -0.477 e. The van der Waals surface area contributed by atoms with Crippen LogP contribution in [0, 0.1) is 12.3 Å². The van der Waals surface area contributed by atoms with E-state index >= 15 is 0 Å². The molecule has 1 saturated carbocycles. The monoisotopic (exact) mass is 333 g/mol. The Bertz CT molecular complexity index is 662. The zero-order chi connectivity index (χ0) is 16.0. The van der Waals surface area contributed by atoms with E-state index in [9.17, 15) is 13.2 Å². The van der Waals surface area contributed by atoms with Crippen LogP contribution in [0.5, 0.6) is 0 Å². The predicted octanol–water partition coefficient (Wildman–Crippen LogP) is 1.85. The van der Waals surface area contributed by atoms with Crippen LogP contribution < -0.4 is 4.72 Å². The summed E-state index contributed by atoms with van der Waals surface area (Å²) in [7, 11) is -2.26. The quantitative estimate of drug-likeness (QED) is 0.858. The molecule has 8 heteroatoms. The van der Waals surface area contributed by atoms with Crippen molar-refractivity contribution in [3.63, 3.8) is 0 Å². The normalized spacial score (nSPS) is 24.6. The van der Waals surface area contributed by atoms with E-state index in [1.807, 2.05) is 13.8 Å². The van der Waals surface area contributed by atoms with Crippen LogP contribution in [0.15, 0.2) is 10.3 Å². The molecule has 6 nitrogen and oxygen atoms in total. The number of hydrogen-bond acceptors (Lipinski definition) is 5.